The van der Waals surface area contributed by atoms with Gasteiger partial charge in [-0.15, -0.1) is 11.8 Å². The SMILES string of the molecule is CC1SCC(c2noc(-c3ccc(N)cc3F)n2)SC1C. The number of anilines is 1. The molecule has 112 valence electrons. The van der Waals surface area contributed by atoms with Crippen molar-refractivity contribution in [3.8, 4) is 11.5 Å². The molecule has 2 N–H and O–H groups in total. The molecule has 7 heteroatoms. The second kappa shape index (κ2) is 5.88. The molecule has 3 atom stereocenters. The number of thioether (sulfide) groups is 2. The van der Waals surface area contributed by atoms with E-state index in [2.05, 4.69) is 24.0 Å². The minimum absolute atomic E-state index is 0.190. The van der Waals surface area contributed by atoms with Crippen LogP contribution < -0.4 is 5.73 Å². The summed E-state index contributed by atoms with van der Waals surface area (Å²) in [6.07, 6.45) is 0. The van der Waals surface area contributed by atoms with E-state index < -0.39 is 5.82 Å². The number of hydrogen-bond donors (Lipinski definition) is 1. The highest BCUT2D eigenvalue weighted by Gasteiger charge is 2.30. The Morgan fingerprint density at radius 3 is 2.86 bits per heavy atom. The van der Waals surface area contributed by atoms with Crippen LogP contribution in [-0.2, 0) is 0 Å². The van der Waals surface area contributed by atoms with Crippen molar-refractivity contribution >= 4 is 29.2 Å². The molecule has 3 unspecified atom stereocenters. The molecular formula is C14H16FN3OS2. The van der Waals surface area contributed by atoms with Crippen molar-refractivity contribution in [1.82, 2.24) is 10.1 Å². The molecule has 0 aliphatic carbocycles. The molecule has 1 fully saturated rings. The van der Waals surface area contributed by atoms with Gasteiger partial charge in [0.2, 0.25) is 0 Å². The average Bonchev–Trinajstić information content (AvgIpc) is 2.91. The highest BCUT2D eigenvalue weighted by molar-refractivity contribution is 8.07. The number of halogens is 1. The number of aromatic nitrogens is 2. The van der Waals surface area contributed by atoms with Gasteiger partial charge in [-0.25, -0.2) is 4.39 Å². The third kappa shape index (κ3) is 3.03. The number of hydrogen-bond acceptors (Lipinski definition) is 6. The molecule has 1 aliphatic heterocycles. The average molecular weight is 325 g/mol. The molecule has 4 nitrogen and oxygen atoms in total. The molecule has 3 rings (SSSR count). The van der Waals surface area contributed by atoms with Crippen LogP contribution in [0.2, 0.25) is 0 Å². The van der Waals surface area contributed by atoms with E-state index in [9.17, 15) is 4.39 Å². The van der Waals surface area contributed by atoms with Gasteiger partial charge < -0.3 is 10.3 Å². The van der Waals surface area contributed by atoms with Crippen LogP contribution in [0.1, 0.15) is 24.9 Å². The smallest absolute Gasteiger partial charge is 0.260 e. The zero-order chi connectivity index (χ0) is 15.0. The lowest BCUT2D eigenvalue weighted by Gasteiger charge is -2.29. The summed E-state index contributed by atoms with van der Waals surface area (Å²) in [6, 6.07) is 4.45. The Labute approximate surface area is 131 Å². The molecule has 1 saturated heterocycles. The maximum Gasteiger partial charge on any atom is 0.260 e. The van der Waals surface area contributed by atoms with Gasteiger partial charge >= 0.3 is 0 Å². The normalized spacial score (nSPS) is 26.0. The van der Waals surface area contributed by atoms with E-state index >= 15 is 0 Å². The first-order valence-electron chi connectivity index (χ1n) is 6.70. The second-order valence-corrected chi connectivity index (χ2v) is 8.06. The fourth-order valence-corrected chi connectivity index (χ4v) is 4.93. The highest BCUT2D eigenvalue weighted by Crippen LogP contribution is 2.43. The molecule has 2 aromatic rings. The summed E-state index contributed by atoms with van der Waals surface area (Å²) >= 11 is 3.75. The quantitative estimate of drug-likeness (QED) is 0.848. The molecule has 0 saturated carbocycles. The summed E-state index contributed by atoms with van der Waals surface area (Å²) in [5.74, 6) is 1.34. The lowest BCUT2D eigenvalue weighted by molar-refractivity contribution is 0.420. The van der Waals surface area contributed by atoms with Gasteiger partial charge in [-0.1, -0.05) is 19.0 Å². The van der Waals surface area contributed by atoms with Crippen LogP contribution in [0.4, 0.5) is 10.1 Å². The fraction of sp³-hybridized carbons (Fsp3) is 0.429. The highest BCUT2D eigenvalue weighted by atomic mass is 32.2. The van der Waals surface area contributed by atoms with Gasteiger partial charge in [-0.05, 0) is 18.2 Å². The predicted octanol–water partition coefficient (Wildman–Crippen LogP) is 3.76. The molecule has 0 bridgehead atoms. The van der Waals surface area contributed by atoms with Gasteiger partial charge in [0.05, 0.1) is 10.8 Å². The Bertz CT molecular complexity index is 649. The molecule has 1 aromatic heterocycles. The molecule has 0 amide bonds. The van der Waals surface area contributed by atoms with Gasteiger partial charge in [-0.2, -0.15) is 16.7 Å². The number of benzene rings is 1. The lowest BCUT2D eigenvalue weighted by Crippen LogP contribution is -2.22. The van der Waals surface area contributed by atoms with Crippen LogP contribution in [0.3, 0.4) is 0 Å². The van der Waals surface area contributed by atoms with Crippen LogP contribution in [0.5, 0.6) is 0 Å². The Morgan fingerprint density at radius 2 is 2.14 bits per heavy atom. The number of nitrogens with zero attached hydrogens (tertiary/aromatic N) is 2. The molecule has 0 spiro atoms. The van der Waals surface area contributed by atoms with E-state index in [0.717, 1.165) is 5.75 Å². The van der Waals surface area contributed by atoms with E-state index in [0.29, 0.717) is 22.0 Å². The van der Waals surface area contributed by atoms with E-state index in [1.54, 1.807) is 12.1 Å². The topological polar surface area (TPSA) is 64.9 Å². The van der Waals surface area contributed by atoms with Crippen molar-refractivity contribution in [3.63, 3.8) is 0 Å². The summed E-state index contributed by atoms with van der Waals surface area (Å²) in [7, 11) is 0. The van der Waals surface area contributed by atoms with Gasteiger partial charge in [0.1, 0.15) is 5.82 Å². The lowest BCUT2D eigenvalue weighted by atomic mass is 10.2. The third-order valence-corrected chi connectivity index (χ3v) is 6.89. The summed E-state index contributed by atoms with van der Waals surface area (Å²) in [4.78, 5) is 4.36. The maximum atomic E-state index is 13.9. The van der Waals surface area contributed by atoms with Crippen LogP contribution >= 0.6 is 23.5 Å². The van der Waals surface area contributed by atoms with Gasteiger partial charge in [0.15, 0.2) is 5.82 Å². The molecule has 0 radical (unpaired) electrons. The molecule has 21 heavy (non-hydrogen) atoms. The Morgan fingerprint density at radius 1 is 1.33 bits per heavy atom. The molecule has 2 heterocycles. The molecule has 1 aromatic carbocycles. The first-order valence-corrected chi connectivity index (χ1v) is 8.70. The van der Waals surface area contributed by atoms with Crippen molar-refractivity contribution in [2.75, 3.05) is 11.5 Å². The number of nitrogens with two attached hydrogens (primary N) is 1. The number of nitrogen functional groups attached to an aromatic ring is 1. The molecular weight excluding hydrogens is 309 g/mol. The third-order valence-electron chi connectivity index (χ3n) is 3.50. The first-order chi connectivity index (χ1) is 10.0. The second-order valence-electron chi connectivity index (χ2n) is 5.07. The van der Waals surface area contributed by atoms with Crippen LogP contribution in [0.15, 0.2) is 22.7 Å². The van der Waals surface area contributed by atoms with Gasteiger partial charge in [0, 0.05) is 21.9 Å². The monoisotopic (exact) mass is 325 g/mol. The van der Waals surface area contributed by atoms with Crippen LogP contribution in [0, 0.1) is 5.82 Å². The van der Waals surface area contributed by atoms with Crippen molar-refractivity contribution in [3.05, 3.63) is 29.8 Å². The minimum Gasteiger partial charge on any atom is -0.399 e. The summed E-state index contributed by atoms with van der Waals surface area (Å²) in [5, 5.41) is 5.36. The van der Waals surface area contributed by atoms with Crippen molar-refractivity contribution in [2.45, 2.75) is 29.6 Å². The Balaban J connectivity index is 1.83. The fourth-order valence-electron chi connectivity index (χ4n) is 2.10. The zero-order valence-corrected chi connectivity index (χ0v) is 13.4. The van der Waals surface area contributed by atoms with Crippen LogP contribution in [-0.4, -0.2) is 26.4 Å². The summed E-state index contributed by atoms with van der Waals surface area (Å²) in [6.45, 7) is 4.43. The Hall–Kier alpha value is -1.21. The van der Waals surface area contributed by atoms with E-state index in [4.69, 9.17) is 10.3 Å². The predicted molar refractivity (Wildman–Crippen MR) is 85.8 cm³/mol. The van der Waals surface area contributed by atoms with E-state index in [1.807, 2.05) is 23.5 Å². The zero-order valence-electron chi connectivity index (χ0n) is 11.7. The van der Waals surface area contributed by atoms with Crippen molar-refractivity contribution in [2.24, 2.45) is 0 Å². The van der Waals surface area contributed by atoms with Crippen LogP contribution in [0.25, 0.3) is 11.5 Å². The Kier molecular flexibility index (Phi) is 4.12. The van der Waals surface area contributed by atoms with Crippen molar-refractivity contribution < 1.29 is 8.91 Å². The van der Waals surface area contributed by atoms with E-state index in [-0.39, 0.29) is 16.7 Å². The van der Waals surface area contributed by atoms with E-state index in [1.165, 1.54) is 6.07 Å². The van der Waals surface area contributed by atoms with Crippen molar-refractivity contribution in [1.29, 1.82) is 0 Å². The minimum atomic E-state index is -0.446. The first kappa shape index (κ1) is 14.7. The van der Waals surface area contributed by atoms with Gasteiger partial charge in [-0.3, -0.25) is 0 Å². The summed E-state index contributed by atoms with van der Waals surface area (Å²) in [5.41, 5.74) is 6.21. The standard InChI is InChI=1S/C14H16FN3OS2/c1-7-8(2)21-12(6-20-7)13-17-14(19-18-13)10-4-3-9(16)5-11(10)15/h3-5,7-8,12H,6,16H2,1-2H3. The number of rotatable bonds is 2. The largest absolute Gasteiger partial charge is 0.399 e. The van der Waals surface area contributed by atoms with Gasteiger partial charge in [0.25, 0.3) is 5.89 Å². The summed E-state index contributed by atoms with van der Waals surface area (Å²) < 4.78 is 19.1. The maximum absolute atomic E-state index is 13.9. The molecule has 1 aliphatic rings.